The molecule has 0 atom stereocenters. The molecular weight excluding hydrogens is 428 g/mol. The van der Waals surface area contributed by atoms with Gasteiger partial charge >= 0.3 is 0 Å². The van der Waals surface area contributed by atoms with Gasteiger partial charge in [0.05, 0.1) is 15.5 Å². The number of piperidine rings is 1. The molecule has 2 saturated heterocycles. The normalized spacial score (nSPS) is 19.4. The van der Waals surface area contributed by atoms with Crippen molar-refractivity contribution in [3.05, 3.63) is 72.3 Å². The Morgan fingerprint density at radius 2 is 1.58 bits per heavy atom. The maximum absolute atomic E-state index is 13.3. The summed E-state index contributed by atoms with van der Waals surface area (Å²) in [6.45, 7) is 2.83. The first-order chi connectivity index (χ1) is 14.9. The predicted octanol–water partition coefficient (Wildman–Crippen LogP) is 4.41. The van der Waals surface area contributed by atoms with E-state index in [-0.39, 0.29) is 10.8 Å². The number of sulfonamides is 1. The van der Waals surface area contributed by atoms with E-state index in [0.29, 0.717) is 36.6 Å². The van der Waals surface area contributed by atoms with Gasteiger partial charge in [-0.15, -0.1) is 11.8 Å². The smallest absolute Gasteiger partial charge is 0.243 e. The Morgan fingerprint density at radius 1 is 0.903 bits per heavy atom. The molecule has 0 aliphatic carbocycles. The number of aryl methyl sites for hydroxylation is 1. The Kier molecular flexibility index (Phi) is 5.07. The summed E-state index contributed by atoms with van der Waals surface area (Å²) in [6.07, 6.45) is 1.23. The van der Waals surface area contributed by atoms with Crippen molar-refractivity contribution in [1.82, 2.24) is 4.31 Å². The number of amides is 1. The van der Waals surface area contributed by atoms with Gasteiger partial charge in [-0.1, -0.05) is 48.0 Å². The molecule has 0 unspecified atom stereocenters. The minimum Gasteiger partial charge on any atom is -0.296 e. The molecule has 5 rings (SSSR count). The Hall–Kier alpha value is -2.35. The van der Waals surface area contributed by atoms with Gasteiger partial charge in [-0.3, -0.25) is 9.69 Å². The zero-order valence-electron chi connectivity index (χ0n) is 17.3. The average molecular weight is 453 g/mol. The molecule has 5 nitrogen and oxygen atoms in total. The van der Waals surface area contributed by atoms with Crippen LogP contribution in [0.2, 0.25) is 0 Å². The largest absolute Gasteiger partial charge is 0.296 e. The number of rotatable bonds is 3. The topological polar surface area (TPSA) is 57.7 Å². The lowest BCUT2D eigenvalue weighted by molar-refractivity contribution is -0.116. The van der Waals surface area contributed by atoms with Gasteiger partial charge in [-0.25, -0.2) is 8.42 Å². The number of carbonyl (C=O) groups is 1. The second-order valence-electron chi connectivity index (χ2n) is 8.21. The number of thioether (sulfide) groups is 1. The molecule has 2 fully saturated rings. The van der Waals surface area contributed by atoms with Crippen LogP contribution < -0.4 is 4.90 Å². The number of hydrogen-bond acceptors (Lipinski definition) is 4. The van der Waals surface area contributed by atoms with Crippen LogP contribution in [0.5, 0.6) is 0 Å². The van der Waals surface area contributed by atoms with Gasteiger partial charge in [-0.2, -0.15) is 4.31 Å². The van der Waals surface area contributed by atoms with Crippen molar-refractivity contribution < 1.29 is 13.2 Å². The molecule has 7 heteroatoms. The first-order valence-corrected chi connectivity index (χ1v) is 12.8. The van der Waals surface area contributed by atoms with Gasteiger partial charge in [-0.05, 0) is 54.8 Å². The molecule has 160 valence electrons. The Morgan fingerprint density at radius 3 is 2.29 bits per heavy atom. The highest BCUT2D eigenvalue weighted by atomic mass is 32.2. The highest BCUT2D eigenvalue weighted by molar-refractivity contribution is 8.02. The first-order valence-electron chi connectivity index (χ1n) is 10.4. The third kappa shape index (κ3) is 3.54. The molecule has 1 amide bonds. The van der Waals surface area contributed by atoms with Crippen molar-refractivity contribution in [2.45, 2.75) is 29.5 Å². The highest BCUT2D eigenvalue weighted by Gasteiger charge is 2.49. The number of benzene rings is 3. The molecule has 3 aromatic rings. The Balaban J connectivity index is 1.39. The molecule has 2 heterocycles. The van der Waals surface area contributed by atoms with Crippen LogP contribution >= 0.6 is 11.8 Å². The van der Waals surface area contributed by atoms with E-state index in [9.17, 15) is 13.2 Å². The third-order valence-corrected chi connectivity index (χ3v) is 9.69. The summed E-state index contributed by atoms with van der Waals surface area (Å²) in [5.41, 5.74) is 2.04. The van der Waals surface area contributed by atoms with Crippen molar-refractivity contribution in [3.63, 3.8) is 0 Å². The van der Waals surface area contributed by atoms with Crippen molar-refractivity contribution >= 4 is 44.2 Å². The standard InChI is InChI=1S/C24H24N2O3S2/c1-18-6-9-21(10-7-18)26-23(27)17-30-24(26)12-14-25(15-13-24)31(28,29)22-11-8-19-4-2-3-5-20(19)16-22/h2-11,16H,12-15,17H2,1H3. The molecule has 0 aromatic heterocycles. The summed E-state index contributed by atoms with van der Waals surface area (Å²) in [5, 5.41) is 1.94. The van der Waals surface area contributed by atoms with Crippen molar-refractivity contribution in [1.29, 1.82) is 0 Å². The number of carbonyl (C=O) groups excluding carboxylic acids is 1. The Labute approximate surface area is 187 Å². The van der Waals surface area contributed by atoms with E-state index >= 15 is 0 Å². The number of anilines is 1. The van der Waals surface area contributed by atoms with Crippen LogP contribution in [0.1, 0.15) is 18.4 Å². The molecule has 0 radical (unpaired) electrons. The van der Waals surface area contributed by atoms with E-state index in [4.69, 9.17) is 0 Å². The van der Waals surface area contributed by atoms with Gasteiger partial charge in [0.1, 0.15) is 0 Å². The molecule has 31 heavy (non-hydrogen) atoms. The Bertz CT molecular complexity index is 1250. The molecule has 3 aromatic carbocycles. The van der Waals surface area contributed by atoms with Crippen molar-refractivity contribution in [2.24, 2.45) is 0 Å². The lowest BCUT2D eigenvalue weighted by Gasteiger charge is -2.43. The quantitative estimate of drug-likeness (QED) is 0.591. The highest BCUT2D eigenvalue weighted by Crippen LogP contribution is 2.47. The van der Waals surface area contributed by atoms with Gasteiger partial charge in [0.25, 0.3) is 0 Å². The fraction of sp³-hybridized carbons (Fsp3) is 0.292. The fourth-order valence-electron chi connectivity index (χ4n) is 4.55. The molecule has 2 aliphatic heterocycles. The van der Waals surface area contributed by atoms with Crippen LogP contribution in [0.4, 0.5) is 5.69 Å². The van der Waals surface area contributed by atoms with E-state index in [2.05, 4.69) is 0 Å². The molecule has 0 N–H and O–H groups in total. The average Bonchev–Trinajstić information content (AvgIpc) is 3.10. The lowest BCUT2D eigenvalue weighted by Crippen LogP contribution is -2.53. The summed E-state index contributed by atoms with van der Waals surface area (Å²) in [7, 11) is -3.58. The summed E-state index contributed by atoms with van der Waals surface area (Å²) >= 11 is 1.65. The number of fused-ring (bicyclic) bond motifs is 1. The van der Waals surface area contributed by atoms with E-state index in [1.165, 1.54) is 0 Å². The second kappa shape index (κ2) is 7.65. The van der Waals surface area contributed by atoms with Crippen molar-refractivity contribution in [3.8, 4) is 0 Å². The van der Waals surface area contributed by atoms with Gasteiger partial charge < -0.3 is 0 Å². The first kappa shape index (κ1) is 20.5. The number of nitrogens with zero attached hydrogens (tertiary/aromatic N) is 2. The SMILES string of the molecule is Cc1ccc(N2C(=O)CSC23CCN(S(=O)(=O)c2ccc4ccccc4c2)CC3)cc1. The minimum atomic E-state index is -3.58. The van der Waals surface area contributed by atoms with Crippen LogP contribution in [-0.4, -0.2) is 42.3 Å². The van der Waals surface area contributed by atoms with E-state index in [1.807, 2.05) is 66.4 Å². The summed E-state index contributed by atoms with van der Waals surface area (Å²) in [5.74, 6) is 0.533. The van der Waals surface area contributed by atoms with E-state index < -0.39 is 10.0 Å². The molecule has 1 spiro atoms. The molecular formula is C24H24N2O3S2. The second-order valence-corrected chi connectivity index (χ2v) is 11.5. The van der Waals surface area contributed by atoms with E-state index in [0.717, 1.165) is 22.0 Å². The maximum Gasteiger partial charge on any atom is 0.243 e. The third-order valence-electron chi connectivity index (χ3n) is 6.28. The number of hydrogen-bond donors (Lipinski definition) is 0. The lowest BCUT2D eigenvalue weighted by atomic mass is 10.0. The molecule has 0 saturated carbocycles. The van der Waals surface area contributed by atoms with Crippen LogP contribution in [-0.2, 0) is 14.8 Å². The zero-order valence-corrected chi connectivity index (χ0v) is 19.0. The van der Waals surface area contributed by atoms with E-state index in [1.54, 1.807) is 28.2 Å². The fourth-order valence-corrected chi connectivity index (χ4v) is 7.35. The molecule has 2 aliphatic rings. The molecule has 0 bridgehead atoms. The predicted molar refractivity (Wildman–Crippen MR) is 126 cm³/mol. The van der Waals surface area contributed by atoms with Crippen molar-refractivity contribution in [2.75, 3.05) is 23.7 Å². The van der Waals surface area contributed by atoms with Gasteiger partial charge in [0, 0.05) is 18.8 Å². The maximum atomic E-state index is 13.3. The van der Waals surface area contributed by atoms with Crippen LogP contribution in [0.15, 0.2) is 71.6 Å². The summed E-state index contributed by atoms with van der Waals surface area (Å²) in [6, 6.07) is 21.1. The van der Waals surface area contributed by atoms with Crippen LogP contribution in [0.25, 0.3) is 10.8 Å². The van der Waals surface area contributed by atoms with Crippen LogP contribution in [0, 0.1) is 6.92 Å². The van der Waals surface area contributed by atoms with Gasteiger partial charge in [0.15, 0.2) is 0 Å². The minimum absolute atomic E-state index is 0.0969. The van der Waals surface area contributed by atoms with Gasteiger partial charge in [0.2, 0.25) is 15.9 Å². The summed E-state index contributed by atoms with van der Waals surface area (Å²) < 4.78 is 28.2. The zero-order chi connectivity index (χ0) is 21.6. The van der Waals surface area contributed by atoms with Crippen LogP contribution in [0.3, 0.4) is 0 Å². The monoisotopic (exact) mass is 452 g/mol. The summed E-state index contributed by atoms with van der Waals surface area (Å²) in [4.78, 5) is 14.6.